The topological polar surface area (TPSA) is 24.6 Å². The summed E-state index contributed by atoms with van der Waals surface area (Å²) < 4.78 is 9.63. The molecule has 0 aliphatic rings. The minimum Gasteiger partial charge on any atom is -0.455 e. The van der Waals surface area contributed by atoms with E-state index in [4.69, 9.17) is 4.42 Å². The number of aromatic nitrogens is 1. The van der Waals surface area contributed by atoms with Crippen molar-refractivity contribution in [1.82, 2.24) is 4.57 Å². The molecule has 0 bridgehead atoms. The van der Waals surface area contributed by atoms with Crippen molar-refractivity contribution in [3.63, 3.8) is 0 Å². The molecule has 75 heavy (non-hydrogen) atoms. The number of benzene rings is 11. The van der Waals surface area contributed by atoms with Crippen LogP contribution in [0.1, 0.15) is 6.92 Å². The van der Waals surface area contributed by atoms with Gasteiger partial charge in [0.15, 0.2) is 0 Å². The Hall–Kier alpha value is -9.90. The van der Waals surface area contributed by atoms with Crippen LogP contribution in [-0.2, 0) is 0 Å². The molecule has 2 heterocycles. The fourth-order valence-electron chi connectivity index (χ4n) is 10.5. The van der Waals surface area contributed by atoms with E-state index in [9.17, 15) is 0 Å². The first-order valence-corrected chi connectivity index (χ1v) is 25.5. The third-order valence-electron chi connectivity index (χ3n) is 13.9. The van der Waals surface area contributed by atoms with Gasteiger partial charge in [0, 0.05) is 72.5 Å². The quantitative estimate of drug-likeness (QED) is 0.121. The lowest BCUT2D eigenvalue weighted by atomic mass is 9.98. The molecule has 0 saturated carbocycles. The van der Waals surface area contributed by atoms with Gasteiger partial charge in [-0.1, -0.05) is 201 Å². The lowest BCUT2D eigenvalue weighted by Crippen LogP contribution is -2.13. The number of para-hydroxylation sites is 7. The molecule has 11 aromatic carbocycles. The second-order valence-electron chi connectivity index (χ2n) is 18.5. The first-order valence-electron chi connectivity index (χ1n) is 25.5. The van der Waals surface area contributed by atoms with Crippen LogP contribution < -0.4 is 9.80 Å². The largest absolute Gasteiger partial charge is 0.455 e. The van der Waals surface area contributed by atoms with Crippen LogP contribution in [0.2, 0.25) is 0 Å². The third kappa shape index (κ3) is 8.96. The molecular formula is C71H53N3O. The molecule has 0 atom stereocenters. The highest BCUT2D eigenvalue weighted by molar-refractivity contribution is 6.15. The Kier molecular flexibility index (Phi) is 12.7. The van der Waals surface area contributed by atoms with Crippen molar-refractivity contribution in [2.75, 3.05) is 9.80 Å². The van der Waals surface area contributed by atoms with E-state index in [0.29, 0.717) is 0 Å². The Morgan fingerprint density at radius 3 is 1.27 bits per heavy atom. The smallest absolute Gasteiger partial charge is 0.143 e. The molecule has 0 aliphatic carbocycles. The fraction of sp³-hybridized carbons (Fsp3) is 0.0141. The van der Waals surface area contributed by atoms with Crippen molar-refractivity contribution < 1.29 is 4.42 Å². The van der Waals surface area contributed by atoms with Gasteiger partial charge >= 0.3 is 0 Å². The van der Waals surface area contributed by atoms with Gasteiger partial charge in [-0.2, -0.15) is 0 Å². The summed E-state index contributed by atoms with van der Waals surface area (Å²) in [5.74, 6) is 0. The maximum absolute atomic E-state index is 7.25. The van der Waals surface area contributed by atoms with Crippen LogP contribution in [0.15, 0.2) is 302 Å². The zero-order chi connectivity index (χ0) is 50.5. The molecule has 0 amide bonds. The maximum Gasteiger partial charge on any atom is 0.143 e. The van der Waals surface area contributed by atoms with Gasteiger partial charge in [0.25, 0.3) is 0 Å². The van der Waals surface area contributed by atoms with E-state index in [1.807, 2.05) is 19.1 Å². The van der Waals surface area contributed by atoms with E-state index in [0.717, 1.165) is 89.5 Å². The molecule has 0 spiro atoms. The van der Waals surface area contributed by atoms with Crippen LogP contribution >= 0.6 is 0 Å². The van der Waals surface area contributed by atoms with Crippen molar-refractivity contribution >= 4 is 77.9 Å². The molecule has 4 nitrogen and oxygen atoms in total. The number of nitrogens with zero attached hydrogens (tertiary/aromatic N) is 3. The number of hydrogen-bond donors (Lipinski definition) is 0. The first-order chi connectivity index (χ1) is 37.1. The molecule has 0 radical (unpaired) electrons. The standard InChI is InChI=1S/C66H45N3O.C5H8/c1-6-20-46(21-7-1)47-36-39-54(40-37-47)69-63-35-17-16-30-59(63)62-44-48(38-41-64(62)69)57-31-18-33-60-61-34-19-32-58(66(61)70-65(57)60)49-42-55(67(50-22-8-2-9-23-50)51-24-10-3-11-25-51)45-56(43-49)68(52-26-12-4-13-27-52)53-28-14-5-15-29-53;1-3-5-4-2/h1-45H;3-5H,1H2,2H3/b;5-4-. The number of anilines is 6. The van der Waals surface area contributed by atoms with E-state index in [1.54, 1.807) is 6.08 Å². The Morgan fingerprint density at radius 1 is 0.347 bits per heavy atom. The molecule has 0 aliphatic heterocycles. The Bertz CT molecular complexity index is 3940. The van der Waals surface area contributed by atoms with E-state index < -0.39 is 0 Å². The van der Waals surface area contributed by atoms with Gasteiger partial charge < -0.3 is 18.8 Å². The highest BCUT2D eigenvalue weighted by Gasteiger charge is 2.22. The predicted octanol–water partition coefficient (Wildman–Crippen LogP) is 20.4. The van der Waals surface area contributed by atoms with Gasteiger partial charge in [-0.3, -0.25) is 0 Å². The van der Waals surface area contributed by atoms with Crippen LogP contribution in [0, 0.1) is 0 Å². The van der Waals surface area contributed by atoms with Crippen LogP contribution in [0.3, 0.4) is 0 Å². The molecule has 13 aromatic rings. The van der Waals surface area contributed by atoms with Gasteiger partial charge in [0.2, 0.25) is 0 Å². The van der Waals surface area contributed by atoms with Gasteiger partial charge in [-0.15, -0.1) is 0 Å². The zero-order valence-corrected chi connectivity index (χ0v) is 41.7. The lowest BCUT2D eigenvalue weighted by Gasteiger charge is -2.30. The van der Waals surface area contributed by atoms with E-state index in [2.05, 4.69) is 294 Å². The van der Waals surface area contributed by atoms with E-state index in [1.165, 1.54) is 27.4 Å². The molecule has 0 unspecified atom stereocenters. The second kappa shape index (κ2) is 20.7. The molecule has 0 fully saturated rings. The Morgan fingerprint density at radius 2 is 0.773 bits per heavy atom. The molecule has 0 N–H and O–H groups in total. The predicted molar refractivity (Wildman–Crippen MR) is 319 cm³/mol. The highest BCUT2D eigenvalue weighted by Crippen LogP contribution is 2.46. The normalized spacial score (nSPS) is 11.3. The summed E-state index contributed by atoms with van der Waals surface area (Å²) in [6.07, 6.45) is 5.58. The van der Waals surface area contributed by atoms with Gasteiger partial charge in [-0.25, -0.2) is 0 Å². The molecule has 2 aromatic heterocycles. The summed E-state index contributed by atoms with van der Waals surface area (Å²) in [4.78, 5) is 4.68. The fourth-order valence-corrected chi connectivity index (χ4v) is 10.5. The SMILES string of the molecule is C=C/C=C\C.c1ccc(-c2ccc(-n3c4ccccc4c4cc(-c5cccc6c5oc5c(-c7cc(N(c8ccccc8)c8ccccc8)cc(N(c8ccccc8)c8ccccc8)c7)cccc56)ccc43)cc2)cc1. The van der Waals surface area contributed by atoms with Crippen molar-refractivity contribution in [1.29, 1.82) is 0 Å². The zero-order valence-electron chi connectivity index (χ0n) is 41.7. The van der Waals surface area contributed by atoms with Crippen LogP contribution in [0.25, 0.3) is 82.8 Å². The summed E-state index contributed by atoms with van der Waals surface area (Å²) in [6, 6.07) is 97.5. The summed E-state index contributed by atoms with van der Waals surface area (Å²) in [7, 11) is 0. The van der Waals surface area contributed by atoms with E-state index >= 15 is 0 Å². The molecular weight excluding hydrogens is 911 g/mol. The number of furan rings is 1. The maximum atomic E-state index is 7.25. The average molecular weight is 964 g/mol. The van der Waals surface area contributed by atoms with Crippen LogP contribution in [0.5, 0.6) is 0 Å². The Labute approximate surface area is 438 Å². The molecule has 0 saturated heterocycles. The minimum absolute atomic E-state index is 0.849. The summed E-state index contributed by atoms with van der Waals surface area (Å²) in [5.41, 5.74) is 18.1. The van der Waals surface area contributed by atoms with Crippen LogP contribution in [0.4, 0.5) is 34.1 Å². The molecule has 13 rings (SSSR count). The number of allylic oxidation sites excluding steroid dienone is 3. The van der Waals surface area contributed by atoms with Crippen LogP contribution in [-0.4, -0.2) is 4.57 Å². The molecule has 4 heteroatoms. The van der Waals surface area contributed by atoms with Gasteiger partial charge in [-0.05, 0) is 126 Å². The lowest BCUT2D eigenvalue weighted by molar-refractivity contribution is 0.671. The van der Waals surface area contributed by atoms with Gasteiger partial charge in [0.1, 0.15) is 11.2 Å². The highest BCUT2D eigenvalue weighted by atomic mass is 16.3. The van der Waals surface area contributed by atoms with Crippen molar-refractivity contribution in [2.45, 2.75) is 6.92 Å². The van der Waals surface area contributed by atoms with E-state index in [-0.39, 0.29) is 0 Å². The second-order valence-corrected chi connectivity index (χ2v) is 18.5. The van der Waals surface area contributed by atoms with Crippen molar-refractivity contribution in [2.24, 2.45) is 0 Å². The molecule has 358 valence electrons. The minimum atomic E-state index is 0.849. The number of fused-ring (bicyclic) bond motifs is 6. The Balaban J connectivity index is 0.00000109. The van der Waals surface area contributed by atoms with Crippen molar-refractivity contribution in [3.05, 3.63) is 298 Å². The average Bonchev–Trinajstić information content (AvgIpc) is 4.03. The summed E-state index contributed by atoms with van der Waals surface area (Å²) in [5, 5.41) is 4.56. The summed E-state index contributed by atoms with van der Waals surface area (Å²) in [6.45, 7) is 5.42. The first kappa shape index (κ1) is 46.2. The number of hydrogen-bond acceptors (Lipinski definition) is 3. The third-order valence-corrected chi connectivity index (χ3v) is 13.9. The monoisotopic (exact) mass is 963 g/mol. The number of rotatable bonds is 11. The van der Waals surface area contributed by atoms with Crippen molar-refractivity contribution in [3.8, 4) is 39.1 Å². The van der Waals surface area contributed by atoms with Gasteiger partial charge in [0.05, 0.1) is 11.0 Å². The summed E-state index contributed by atoms with van der Waals surface area (Å²) >= 11 is 0.